The van der Waals surface area contributed by atoms with Crippen molar-refractivity contribution in [2.24, 2.45) is 5.84 Å². The molecule has 0 aliphatic rings. The molecule has 1 atom stereocenters. The van der Waals surface area contributed by atoms with Crippen LogP contribution in [-0.4, -0.2) is 11.3 Å². The zero-order valence-corrected chi connectivity index (χ0v) is 5.22. The van der Waals surface area contributed by atoms with Crippen LogP contribution in [-0.2, 0) is 0 Å². The number of aliphatic hydroxyl groups excluding tert-OH is 1. The van der Waals surface area contributed by atoms with E-state index in [2.05, 4.69) is 12.3 Å². The van der Waals surface area contributed by atoms with Crippen molar-refractivity contribution < 1.29 is 5.11 Å². The molecule has 0 saturated heterocycles. The summed E-state index contributed by atoms with van der Waals surface area (Å²) in [5, 5.41) is 8.75. The van der Waals surface area contributed by atoms with Gasteiger partial charge in [-0.25, -0.2) is 5.43 Å². The molecule has 8 heavy (non-hydrogen) atoms. The van der Waals surface area contributed by atoms with Gasteiger partial charge in [0.2, 0.25) is 0 Å². The molecule has 1 unspecified atom stereocenters. The van der Waals surface area contributed by atoms with E-state index in [-0.39, 0.29) is 0 Å². The van der Waals surface area contributed by atoms with Crippen molar-refractivity contribution in [1.82, 2.24) is 5.43 Å². The topological polar surface area (TPSA) is 58.3 Å². The molecule has 3 heteroatoms. The molecule has 0 heterocycles. The molecule has 0 rings (SSSR count). The maximum Gasteiger partial charge on any atom is 0.116 e. The van der Waals surface area contributed by atoms with Crippen LogP contribution < -0.4 is 11.3 Å². The average molecular weight is 118 g/mol. The molecule has 0 amide bonds. The molecule has 0 spiro atoms. The van der Waals surface area contributed by atoms with Crippen LogP contribution >= 0.6 is 0 Å². The Morgan fingerprint density at radius 1 is 1.75 bits per heavy atom. The third-order valence-corrected chi connectivity index (χ3v) is 1.02. The summed E-state index contributed by atoms with van der Waals surface area (Å²) in [6.07, 6.45) is 2.34. The first-order valence-electron chi connectivity index (χ1n) is 2.95. The van der Waals surface area contributed by atoms with E-state index >= 15 is 0 Å². The minimum atomic E-state index is -0.519. The van der Waals surface area contributed by atoms with E-state index in [1.54, 1.807) is 0 Å². The molecule has 0 aliphatic carbocycles. The lowest BCUT2D eigenvalue weighted by Crippen LogP contribution is -2.34. The third-order valence-electron chi connectivity index (χ3n) is 1.02. The summed E-state index contributed by atoms with van der Waals surface area (Å²) in [6, 6.07) is 0. The first-order chi connectivity index (χ1) is 3.81. The van der Waals surface area contributed by atoms with Gasteiger partial charge in [0.1, 0.15) is 6.23 Å². The normalized spacial score (nSPS) is 13.9. The number of nitrogens with two attached hydrogens (primary N) is 1. The Balaban J connectivity index is 2.86. The lowest BCUT2D eigenvalue weighted by molar-refractivity contribution is 0.126. The highest BCUT2D eigenvalue weighted by Gasteiger charge is 1.95. The van der Waals surface area contributed by atoms with Crippen LogP contribution in [0.15, 0.2) is 0 Å². The molecule has 0 aromatic carbocycles. The fraction of sp³-hybridized carbons (Fsp3) is 1.00. The molecule has 0 radical (unpaired) electrons. The molecule has 0 aromatic heterocycles. The first-order valence-corrected chi connectivity index (χ1v) is 2.95. The Bertz CT molecular complexity index is 49.7. The third kappa shape index (κ3) is 4.05. The Kier molecular flexibility index (Phi) is 4.95. The number of hydrogen-bond acceptors (Lipinski definition) is 3. The minimum Gasteiger partial charge on any atom is -0.377 e. The minimum absolute atomic E-state index is 0.519. The highest BCUT2D eigenvalue weighted by molar-refractivity contribution is 4.45. The number of hydrogen-bond donors (Lipinski definition) is 3. The van der Waals surface area contributed by atoms with E-state index in [1.807, 2.05) is 0 Å². The van der Waals surface area contributed by atoms with Crippen LogP contribution in [0.4, 0.5) is 0 Å². The predicted octanol–water partition coefficient (Wildman–Crippen LogP) is -0.0417. The van der Waals surface area contributed by atoms with Crippen molar-refractivity contribution in [1.29, 1.82) is 0 Å². The molecule has 0 aromatic rings. The standard InChI is InChI=1S/C5H14N2O/c1-2-3-4-5(8)7-6/h5,7-8H,2-4,6H2,1H3. The van der Waals surface area contributed by atoms with Crippen LogP contribution in [0.3, 0.4) is 0 Å². The Hall–Kier alpha value is -0.120. The monoisotopic (exact) mass is 118 g/mol. The average Bonchev–Trinajstić information content (AvgIpc) is 1.83. The molecular formula is C5H14N2O. The molecule has 3 nitrogen and oxygen atoms in total. The fourth-order valence-corrected chi connectivity index (χ4v) is 0.481. The zero-order chi connectivity index (χ0) is 6.41. The van der Waals surface area contributed by atoms with E-state index in [9.17, 15) is 0 Å². The van der Waals surface area contributed by atoms with Gasteiger partial charge in [-0.3, -0.25) is 5.84 Å². The molecule has 50 valence electrons. The van der Waals surface area contributed by atoms with Crippen LogP contribution in [0.2, 0.25) is 0 Å². The number of rotatable bonds is 4. The number of unbranched alkanes of at least 4 members (excludes halogenated alkanes) is 1. The van der Waals surface area contributed by atoms with Gasteiger partial charge in [0.05, 0.1) is 0 Å². The second-order valence-corrected chi connectivity index (χ2v) is 1.82. The summed E-state index contributed by atoms with van der Waals surface area (Å²) >= 11 is 0. The largest absolute Gasteiger partial charge is 0.377 e. The summed E-state index contributed by atoms with van der Waals surface area (Å²) < 4.78 is 0. The SMILES string of the molecule is CCCCC(O)NN. The van der Waals surface area contributed by atoms with Crippen LogP contribution in [0.25, 0.3) is 0 Å². The van der Waals surface area contributed by atoms with Gasteiger partial charge in [-0.15, -0.1) is 0 Å². The summed E-state index contributed by atoms with van der Waals surface area (Å²) in [5.74, 6) is 4.91. The van der Waals surface area contributed by atoms with Gasteiger partial charge >= 0.3 is 0 Å². The maximum absolute atomic E-state index is 8.75. The van der Waals surface area contributed by atoms with Crippen molar-refractivity contribution >= 4 is 0 Å². The van der Waals surface area contributed by atoms with Gasteiger partial charge in [0, 0.05) is 0 Å². The zero-order valence-electron chi connectivity index (χ0n) is 5.22. The van der Waals surface area contributed by atoms with Gasteiger partial charge in [-0.2, -0.15) is 0 Å². The van der Waals surface area contributed by atoms with E-state index in [0.717, 1.165) is 19.3 Å². The van der Waals surface area contributed by atoms with E-state index in [0.29, 0.717) is 0 Å². The first kappa shape index (κ1) is 7.88. The van der Waals surface area contributed by atoms with E-state index in [4.69, 9.17) is 10.9 Å². The molecule has 0 bridgehead atoms. The fourth-order valence-electron chi connectivity index (χ4n) is 0.481. The van der Waals surface area contributed by atoms with E-state index < -0.39 is 6.23 Å². The van der Waals surface area contributed by atoms with Crippen molar-refractivity contribution in [2.45, 2.75) is 32.4 Å². The van der Waals surface area contributed by atoms with Gasteiger partial charge in [0.15, 0.2) is 0 Å². The van der Waals surface area contributed by atoms with Crippen LogP contribution in [0.1, 0.15) is 26.2 Å². The van der Waals surface area contributed by atoms with Crippen molar-refractivity contribution in [3.05, 3.63) is 0 Å². The lowest BCUT2D eigenvalue weighted by Gasteiger charge is -2.05. The smallest absolute Gasteiger partial charge is 0.116 e. The number of aliphatic hydroxyl groups is 1. The maximum atomic E-state index is 8.75. The van der Waals surface area contributed by atoms with Crippen LogP contribution in [0.5, 0.6) is 0 Å². The van der Waals surface area contributed by atoms with Gasteiger partial charge < -0.3 is 5.11 Å². The quantitative estimate of drug-likeness (QED) is 0.276. The second-order valence-electron chi connectivity index (χ2n) is 1.82. The lowest BCUT2D eigenvalue weighted by atomic mass is 10.2. The summed E-state index contributed by atoms with van der Waals surface area (Å²) in [6.45, 7) is 2.07. The van der Waals surface area contributed by atoms with Gasteiger partial charge in [-0.1, -0.05) is 13.3 Å². The molecule has 0 aliphatic heterocycles. The molecular weight excluding hydrogens is 104 g/mol. The Morgan fingerprint density at radius 2 is 2.38 bits per heavy atom. The van der Waals surface area contributed by atoms with Crippen molar-refractivity contribution in [3.8, 4) is 0 Å². The highest BCUT2D eigenvalue weighted by Crippen LogP contribution is 1.95. The van der Waals surface area contributed by atoms with Gasteiger partial charge in [0.25, 0.3) is 0 Å². The Morgan fingerprint density at radius 3 is 2.75 bits per heavy atom. The van der Waals surface area contributed by atoms with Crippen LogP contribution in [0, 0.1) is 0 Å². The highest BCUT2D eigenvalue weighted by atomic mass is 16.3. The summed E-state index contributed by atoms with van der Waals surface area (Å²) in [7, 11) is 0. The van der Waals surface area contributed by atoms with Crippen molar-refractivity contribution in [3.63, 3.8) is 0 Å². The van der Waals surface area contributed by atoms with Crippen molar-refractivity contribution in [2.75, 3.05) is 0 Å². The Labute approximate surface area is 49.9 Å². The van der Waals surface area contributed by atoms with E-state index in [1.165, 1.54) is 0 Å². The second kappa shape index (κ2) is 5.03. The molecule has 4 N–H and O–H groups in total. The van der Waals surface area contributed by atoms with Gasteiger partial charge in [-0.05, 0) is 12.8 Å². The predicted molar refractivity (Wildman–Crippen MR) is 32.9 cm³/mol. The summed E-state index contributed by atoms with van der Waals surface area (Å²) in [4.78, 5) is 0. The summed E-state index contributed by atoms with van der Waals surface area (Å²) in [5.41, 5.74) is 2.26. The number of nitrogens with one attached hydrogen (secondary N) is 1. The number of hydrazine groups is 1. The molecule has 0 fully saturated rings. The molecule has 0 saturated carbocycles.